The second-order valence-electron chi connectivity index (χ2n) is 22.5. The van der Waals surface area contributed by atoms with Gasteiger partial charge < -0.3 is 45.8 Å². The van der Waals surface area contributed by atoms with E-state index in [1.54, 1.807) is 51.5 Å². The van der Waals surface area contributed by atoms with Crippen LogP contribution in [0.2, 0.25) is 0 Å². The highest BCUT2D eigenvalue weighted by molar-refractivity contribution is 7.13. The number of carbonyl (C=O) groups is 4. The number of fused-ring (bicyclic) bond motifs is 2. The number of hydrogen-bond donors (Lipinski definition) is 6. The van der Waals surface area contributed by atoms with E-state index in [0.29, 0.717) is 60.9 Å². The standard InChI is InChI=1S/C57H68F2N10O8S/c1-9-39-42(58)16-15-34-19-37(70)21-40(46(34)39)48-47(59)49-41(24-60-48)52(68-18-10-17-57(7,76)28-68)66-55(65-49)77-27-36-20-35(25-67(36)8)63-44(72)23-45(73)64-51(56(4,5)6)54(75)69-26-38(71)22-43(69)53(74)62-30(2)32-11-13-33(14-12-32)50-31(3)61-29-78-50/h11-16,19,21,24,29-30,35-36,38,43,51,70-71,76H,9-10,17-18,20,22-23,25-28H2,1-8H3,(H,62,74)(H,63,72)(H,64,73)/t30-,35+,36-,38+,43-,51+,57+/m0/s1. The molecular formula is C57H68F2N10O8S. The Kier molecular flexibility index (Phi) is 16.0. The molecule has 6 N–H and O–H groups in total. The van der Waals surface area contributed by atoms with E-state index in [4.69, 9.17) is 9.72 Å². The molecule has 18 nitrogen and oxygen atoms in total. The van der Waals surface area contributed by atoms with Gasteiger partial charge >= 0.3 is 6.01 Å². The van der Waals surface area contributed by atoms with Gasteiger partial charge in [0.1, 0.15) is 53.7 Å². The molecule has 3 aromatic heterocycles. The van der Waals surface area contributed by atoms with Crippen molar-refractivity contribution in [3.8, 4) is 33.5 Å². The van der Waals surface area contributed by atoms with Gasteiger partial charge in [-0.25, -0.2) is 13.8 Å². The molecule has 0 radical (unpaired) electrons. The number of aromatic hydroxyl groups is 1. The minimum absolute atomic E-state index is 0.0163. The van der Waals surface area contributed by atoms with E-state index in [2.05, 4.69) is 30.9 Å². The predicted octanol–water partition coefficient (Wildman–Crippen LogP) is 6.50. The third kappa shape index (κ3) is 11.9. The number of likely N-dealkylation sites (N-methyl/N-ethyl adjacent to an activating group) is 1. The molecule has 3 fully saturated rings. The average Bonchev–Trinajstić information content (AvgIpc) is 4.15. The smallest absolute Gasteiger partial charge is 0.319 e. The Labute approximate surface area is 455 Å². The van der Waals surface area contributed by atoms with Gasteiger partial charge in [-0.3, -0.25) is 29.1 Å². The molecule has 414 valence electrons. The van der Waals surface area contributed by atoms with Gasteiger partial charge in [-0.15, -0.1) is 11.3 Å². The summed E-state index contributed by atoms with van der Waals surface area (Å²) in [5, 5.41) is 42.5. The highest BCUT2D eigenvalue weighted by atomic mass is 32.1. The Morgan fingerprint density at radius 1 is 1.00 bits per heavy atom. The molecule has 0 unspecified atom stereocenters. The molecule has 7 atom stereocenters. The molecule has 3 aliphatic heterocycles. The fraction of sp³-hybridized carbons (Fsp3) is 0.474. The minimum Gasteiger partial charge on any atom is -0.508 e. The van der Waals surface area contributed by atoms with E-state index in [-0.39, 0.29) is 66.1 Å². The number of pyridine rings is 1. The number of rotatable bonds is 15. The molecule has 3 saturated heterocycles. The predicted molar refractivity (Wildman–Crippen MR) is 293 cm³/mol. The lowest BCUT2D eigenvalue weighted by Gasteiger charge is -2.37. The summed E-state index contributed by atoms with van der Waals surface area (Å²) in [6.45, 7) is 13.6. The summed E-state index contributed by atoms with van der Waals surface area (Å²) in [7, 11) is 1.85. The van der Waals surface area contributed by atoms with Crippen molar-refractivity contribution in [1.29, 1.82) is 0 Å². The number of aromatic nitrogens is 4. The number of piperidine rings is 1. The summed E-state index contributed by atoms with van der Waals surface area (Å²) in [4.78, 5) is 79.6. The first-order valence-corrected chi connectivity index (χ1v) is 27.4. The third-order valence-electron chi connectivity index (χ3n) is 15.2. The quantitative estimate of drug-likeness (QED) is 0.0603. The normalized spacial score (nSPS) is 21.7. The van der Waals surface area contributed by atoms with Crippen LogP contribution in [-0.2, 0) is 25.6 Å². The number of aliphatic hydroxyl groups excluding tert-OH is 1. The Morgan fingerprint density at radius 2 is 1.76 bits per heavy atom. The number of ether oxygens (including phenoxy) is 1. The topological polar surface area (TPSA) is 236 Å². The summed E-state index contributed by atoms with van der Waals surface area (Å²) in [5.41, 5.74) is 2.95. The van der Waals surface area contributed by atoms with Gasteiger partial charge in [-0.2, -0.15) is 9.97 Å². The largest absolute Gasteiger partial charge is 0.508 e. The lowest BCUT2D eigenvalue weighted by atomic mass is 9.85. The highest BCUT2D eigenvalue weighted by Crippen LogP contribution is 2.40. The lowest BCUT2D eigenvalue weighted by Crippen LogP contribution is -2.58. The van der Waals surface area contributed by atoms with Crippen LogP contribution < -0.4 is 25.6 Å². The van der Waals surface area contributed by atoms with Gasteiger partial charge in [0.05, 0.1) is 39.2 Å². The van der Waals surface area contributed by atoms with Crippen LogP contribution in [0.4, 0.5) is 14.6 Å². The zero-order valence-electron chi connectivity index (χ0n) is 45.2. The summed E-state index contributed by atoms with van der Waals surface area (Å²) < 4.78 is 38.6. The number of anilines is 1. The molecule has 0 aliphatic carbocycles. The number of halogens is 2. The van der Waals surface area contributed by atoms with E-state index in [0.717, 1.165) is 21.7 Å². The van der Waals surface area contributed by atoms with Crippen molar-refractivity contribution in [2.24, 2.45) is 5.41 Å². The number of amides is 4. The first kappa shape index (κ1) is 55.8. The number of thiazole rings is 1. The van der Waals surface area contributed by atoms with Gasteiger partial charge in [-0.05, 0) is 105 Å². The van der Waals surface area contributed by atoms with Crippen LogP contribution in [-0.4, -0.2) is 144 Å². The van der Waals surface area contributed by atoms with Gasteiger partial charge in [0.15, 0.2) is 5.82 Å². The van der Waals surface area contributed by atoms with Crippen LogP contribution >= 0.6 is 11.3 Å². The zero-order chi connectivity index (χ0) is 56.0. The maximum atomic E-state index is 17.2. The molecule has 0 bridgehead atoms. The number of hydrogen-bond acceptors (Lipinski definition) is 15. The van der Waals surface area contributed by atoms with Crippen molar-refractivity contribution >= 4 is 62.5 Å². The Morgan fingerprint density at radius 3 is 2.45 bits per heavy atom. The van der Waals surface area contributed by atoms with Crippen molar-refractivity contribution in [3.05, 3.63) is 88.7 Å². The SMILES string of the molecule is CCc1c(F)ccc2cc(O)cc(-c3ncc4c(N5CCC[C@@](C)(O)C5)nc(OC[C@@H]5C[C@@H](NC(=O)CC(=O)N[C@H](C(=O)N6C[C@H](O)C[C@H]6C(=O)N[C@@H](C)c6ccc(-c7scnc7C)cc6)C(C)(C)C)CN5C)nc4c3F)c12. The Bertz CT molecular complexity index is 3260. The molecule has 78 heavy (non-hydrogen) atoms. The Hall–Kier alpha value is -6.94. The van der Waals surface area contributed by atoms with Crippen molar-refractivity contribution in [2.45, 2.75) is 129 Å². The highest BCUT2D eigenvalue weighted by Gasteiger charge is 2.45. The van der Waals surface area contributed by atoms with Crippen molar-refractivity contribution < 1.29 is 48.0 Å². The fourth-order valence-electron chi connectivity index (χ4n) is 11.2. The Balaban J connectivity index is 0.848. The maximum Gasteiger partial charge on any atom is 0.319 e. The first-order chi connectivity index (χ1) is 37.0. The van der Waals surface area contributed by atoms with Crippen LogP contribution in [0.25, 0.3) is 43.4 Å². The van der Waals surface area contributed by atoms with E-state index < -0.39 is 83.0 Å². The molecule has 4 amide bonds. The molecule has 6 aromatic rings. The minimum atomic E-state index is -1.14. The monoisotopic (exact) mass is 1090 g/mol. The number of nitrogens with zero attached hydrogens (tertiary/aromatic N) is 7. The van der Waals surface area contributed by atoms with Crippen LogP contribution in [0.5, 0.6) is 11.8 Å². The number of aliphatic hydroxyl groups is 2. The molecule has 0 saturated carbocycles. The number of β-amino-alcohol motifs (C(OH)–C–C–N with tert-alkyl or cyclic N) is 2. The lowest BCUT2D eigenvalue weighted by molar-refractivity contribution is -0.144. The number of phenols is 1. The van der Waals surface area contributed by atoms with E-state index in [1.165, 1.54) is 35.4 Å². The van der Waals surface area contributed by atoms with Gasteiger partial charge in [0.25, 0.3) is 0 Å². The molecule has 9 rings (SSSR count). The van der Waals surface area contributed by atoms with E-state index in [1.807, 2.05) is 55.0 Å². The second kappa shape index (κ2) is 22.4. The molecular weight excluding hydrogens is 1020 g/mol. The number of aryl methyl sites for hydroxylation is 2. The zero-order valence-corrected chi connectivity index (χ0v) is 46.0. The second-order valence-corrected chi connectivity index (χ2v) is 23.3. The van der Waals surface area contributed by atoms with Crippen molar-refractivity contribution in [1.82, 2.24) is 45.7 Å². The van der Waals surface area contributed by atoms with Crippen molar-refractivity contribution in [3.63, 3.8) is 0 Å². The summed E-state index contributed by atoms with van der Waals surface area (Å²) in [5.74, 6) is -3.41. The summed E-state index contributed by atoms with van der Waals surface area (Å²) in [6.07, 6.45) is 1.81. The van der Waals surface area contributed by atoms with Gasteiger partial charge in [0, 0.05) is 56.4 Å². The number of benzene rings is 3. The molecule has 21 heteroatoms. The molecule has 0 spiro atoms. The maximum absolute atomic E-state index is 17.2. The van der Waals surface area contributed by atoms with Crippen LogP contribution in [0.1, 0.15) is 96.5 Å². The third-order valence-corrected chi connectivity index (χ3v) is 16.2. The summed E-state index contributed by atoms with van der Waals surface area (Å²) >= 11 is 1.55. The summed E-state index contributed by atoms with van der Waals surface area (Å²) in [6, 6.07) is 10.1. The fourth-order valence-corrected chi connectivity index (χ4v) is 12.0. The van der Waals surface area contributed by atoms with Crippen molar-refractivity contribution in [2.75, 3.05) is 44.7 Å². The van der Waals surface area contributed by atoms with Gasteiger partial charge in [-0.1, -0.05) is 58.0 Å². The van der Waals surface area contributed by atoms with Crippen LogP contribution in [0.15, 0.2) is 60.2 Å². The number of likely N-dealkylation sites (tertiary alicyclic amines) is 2. The van der Waals surface area contributed by atoms with Gasteiger partial charge in [0.2, 0.25) is 23.6 Å². The number of nitrogens with one attached hydrogen (secondary N) is 3. The van der Waals surface area contributed by atoms with Crippen LogP contribution in [0, 0.1) is 24.0 Å². The molecule has 3 aromatic carbocycles. The van der Waals surface area contributed by atoms with Crippen LogP contribution in [0.3, 0.4) is 0 Å². The van der Waals surface area contributed by atoms with E-state index in [9.17, 15) is 34.5 Å². The molecule has 6 heterocycles. The number of carbonyl (C=O) groups excluding carboxylic acids is 4. The first-order valence-electron chi connectivity index (χ1n) is 26.5. The average molecular weight is 1090 g/mol. The number of phenolic OH excluding ortho intramolecular Hbond substituents is 1. The van der Waals surface area contributed by atoms with E-state index >= 15 is 8.78 Å². The molecule has 3 aliphatic rings.